The number of carbonyl (C=O) groups is 2. The molecule has 118 valence electrons. The van der Waals surface area contributed by atoms with E-state index in [4.69, 9.17) is 4.74 Å². The summed E-state index contributed by atoms with van der Waals surface area (Å²) in [5, 5.41) is 2.84. The molecular formula is C19H19NO3. The van der Waals surface area contributed by atoms with Gasteiger partial charge in [-0.05, 0) is 49.1 Å². The third kappa shape index (κ3) is 3.77. The van der Waals surface area contributed by atoms with E-state index in [0.717, 1.165) is 30.8 Å². The second-order valence-corrected chi connectivity index (χ2v) is 5.76. The first-order valence-corrected chi connectivity index (χ1v) is 7.77. The molecule has 0 unspecified atom stereocenters. The number of nitrogens with one attached hydrogen (secondary N) is 1. The van der Waals surface area contributed by atoms with Crippen LogP contribution in [0.15, 0.2) is 42.5 Å². The van der Waals surface area contributed by atoms with Crippen molar-refractivity contribution >= 4 is 17.4 Å². The van der Waals surface area contributed by atoms with Crippen molar-refractivity contribution in [3.05, 3.63) is 59.2 Å². The van der Waals surface area contributed by atoms with Crippen LogP contribution < -0.4 is 10.1 Å². The highest BCUT2D eigenvalue weighted by atomic mass is 16.5. The summed E-state index contributed by atoms with van der Waals surface area (Å²) in [5.41, 5.74) is 3.37. The lowest BCUT2D eigenvalue weighted by atomic mass is 10.0. The molecule has 0 spiro atoms. The van der Waals surface area contributed by atoms with Crippen molar-refractivity contribution in [3.8, 4) is 5.75 Å². The van der Waals surface area contributed by atoms with E-state index >= 15 is 0 Å². The number of ether oxygens (including phenoxy) is 1. The molecule has 1 aliphatic heterocycles. The van der Waals surface area contributed by atoms with Crippen LogP contribution in [0.1, 0.15) is 34.8 Å². The summed E-state index contributed by atoms with van der Waals surface area (Å²) in [7, 11) is 0. The minimum atomic E-state index is -0.0950. The van der Waals surface area contributed by atoms with Crippen LogP contribution in [0.4, 0.5) is 5.69 Å². The number of Topliss-reactive ketones (excluding diaryl/α,β-unsaturated/α-hetero) is 1. The van der Waals surface area contributed by atoms with Crippen molar-refractivity contribution < 1.29 is 14.3 Å². The number of hydrogen-bond acceptors (Lipinski definition) is 3. The van der Waals surface area contributed by atoms with Gasteiger partial charge in [0.05, 0.1) is 13.0 Å². The van der Waals surface area contributed by atoms with Gasteiger partial charge in [0, 0.05) is 11.3 Å². The molecule has 0 atom stereocenters. The van der Waals surface area contributed by atoms with Gasteiger partial charge in [-0.3, -0.25) is 9.59 Å². The summed E-state index contributed by atoms with van der Waals surface area (Å²) in [5.74, 6) is 0.813. The molecule has 4 nitrogen and oxygen atoms in total. The Morgan fingerprint density at radius 2 is 2.04 bits per heavy atom. The highest BCUT2D eigenvalue weighted by Gasteiger charge is 2.12. The van der Waals surface area contributed by atoms with Crippen LogP contribution in [-0.4, -0.2) is 18.3 Å². The molecule has 3 rings (SSSR count). The van der Waals surface area contributed by atoms with Gasteiger partial charge < -0.3 is 10.1 Å². The quantitative estimate of drug-likeness (QED) is 0.881. The van der Waals surface area contributed by atoms with E-state index in [-0.39, 0.29) is 11.7 Å². The maximum Gasteiger partial charge on any atom is 0.228 e. The number of carbonyl (C=O) groups excluding carboxylic acids is 2. The molecule has 4 heteroatoms. The first kappa shape index (κ1) is 15.3. The van der Waals surface area contributed by atoms with E-state index in [9.17, 15) is 9.59 Å². The lowest BCUT2D eigenvalue weighted by Gasteiger charge is -2.17. The summed E-state index contributed by atoms with van der Waals surface area (Å²) in [6.45, 7) is 2.27. The number of anilines is 1. The van der Waals surface area contributed by atoms with Crippen LogP contribution in [0.2, 0.25) is 0 Å². The molecule has 0 aliphatic carbocycles. The van der Waals surface area contributed by atoms with Gasteiger partial charge in [0.15, 0.2) is 5.78 Å². The van der Waals surface area contributed by atoms with Crippen molar-refractivity contribution in [2.75, 3.05) is 11.9 Å². The van der Waals surface area contributed by atoms with Crippen molar-refractivity contribution in [3.63, 3.8) is 0 Å². The lowest BCUT2D eigenvalue weighted by molar-refractivity contribution is -0.115. The molecular weight excluding hydrogens is 290 g/mol. The normalized spacial score (nSPS) is 12.9. The second-order valence-electron chi connectivity index (χ2n) is 5.76. The van der Waals surface area contributed by atoms with Crippen LogP contribution in [0, 0.1) is 0 Å². The summed E-state index contributed by atoms with van der Waals surface area (Å²) < 4.78 is 5.58. The van der Waals surface area contributed by atoms with Crippen molar-refractivity contribution in [2.24, 2.45) is 0 Å². The Balaban J connectivity index is 1.67. The van der Waals surface area contributed by atoms with Crippen LogP contribution in [0.25, 0.3) is 0 Å². The van der Waals surface area contributed by atoms with Gasteiger partial charge in [0.25, 0.3) is 0 Å². The van der Waals surface area contributed by atoms with E-state index in [1.54, 1.807) is 24.3 Å². The fourth-order valence-corrected chi connectivity index (χ4v) is 2.73. The predicted octanol–water partition coefficient (Wildman–Crippen LogP) is 3.40. The van der Waals surface area contributed by atoms with E-state index in [1.165, 1.54) is 12.5 Å². The largest absolute Gasteiger partial charge is 0.493 e. The molecule has 0 aromatic heterocycles. The van der Waals surface area contributed by atoms with Crippen LogP contribution >= 0.6 is 0 Å². The summed E-state index contributed by atoms with van der Waals surface area (Å²) in [4.78, 5) is 23.6. The Labute approximate surface area is 135 Å². The molecule has 0 radical (unpaired) electrons. The molecule has 0 saturated heterocycles. The number of hydrogen-bond donors (Lipinski definition) is 1. The van der Waals surface area contributed by atoms with Gasteiger partial charge >= 0.3 is 0 Å². The Hall–Kier alpha value is -2.62. The third-order valence-corrected chi connectivity index (χ3v) is 3.89. The predicted molar refractivity (Wildman–Crippen MR) is 89.0 cm³/mol. The van der Waals surface area contributed by atoms with Gasteiger partial charge in [-0.2, -0.15) is 0 Å². The maximum absolute atomic E-state index is 12.2. The van der Waals surface area contributed by atoms with Gasteiger partial charge in [-0.25, -0.2) is 0 Å². The Morgan fingerprint density at radius 1 is 1.17 bits per heavy atom. The minimum absolute atomic E-state index is 0.0178. The van der Waals surface area contributed by atoms with Gasteiger partial charge in [-0.1, -0.05) is 24.3 Å². The zero-order valence-electron chi connectivity index (χ0n) is 13.1. The fourth-order valence-electron chi connectivity index (χ4n) is 2.73. The average molecular weight is 309 g/mol. The maximum atomic E-state index is 12.2. The Kier molecular flexibility index (Phi) is 4.42. The van der Waals surface area contributed by atoms with Crippen LogP contribution in [-0.2, 0) is 17.6 Å². The number of amides is 1. The van der Waals surface area contributed by atoms with Gasteiger partial charge in [0.1, 0.15) is 5.75 Å². The molecule has 1 aliphatic rings. The monoisotopic (exact) mass is 309 g/mol. The summed E-state index contributed by atoms with van der Waals surface area (Å²) >= 11 is 0. The summed E-state index contributed by atoms with van der Waals surface area (Å²) in [6, 6.07) is 12.9. The standard InChI is InChI=1S/C19H19NO3/c1-13(21)15-4-2-6-17(12-15)20-19(22)11-14-7-8-18-16(10-14)5-3-9-23-18/h2,4,6-8,10,12H,3,5,9,11H2,1H3,(H,20,22). The molecule has 2 aromatic rings. The van der Waals surface area contributed by atoms with E-state index in [1.807, 2.05) is 18.2 Å². The smallest absolute Gasteiger partial charge is 0.228 e. The molecule has 1 N–H and O–H groups in total. The van der Waals surface area contributed by atoms with Gasteiger partial charge in [0.2, 0.25) is 5.91 Å². The Morgan fingerprint density at radius 3 is 2.87 bits per heavy atom. The second kappa shape index (κ2) is 6.65. The number of rotatable bonds is 4. The lowest BCUT2D eigenvalue weighted by Crippen LogP contribution is -2.15. The molecule has 1 amide bonds. The SMILES string of the molecule is CC(=O)c1cccc(NC(=O)Cc2ccc3c(c2)CCCO3)c1. The van der Waals surface area contributed by atoms with E-state index in [0.29, 0.717) is 17.7 Å². The zero-order chi connectivity index (χ0) is 16.2. The molecule has 0 fully saturated rings. The van der Waals surface area contributed by atoms with Crippen molar-refractivity contribution in [1.82, 2.24) is 0 Å². The molecule has 0 bridgehead atoms. The molecule has 23 heavy (non-hydrogen) atoms. The topological polar surface area (TPSA) is 55.4 Å². The van der Waals surface area contributed by atoms with Crippen LogP contribution in [0.5, 0.6) is 5.75 Å². The highest BCUT2D eigenvalue weighted by molar-refractivity contribution is 5.97. The Bertz CT molecular complexity index is 752. The fraction of sp³-hybridized carbons (Fsp3) is 0.263. The van der Waals surface area contributed by atoms with Crippen molar-refractivity contribution in [2.45, 2.75) is 26.2 Å². The number of aryl methyl sites for hydroxylation is 1. The van der Waals surface area contributed by atoms with Gasteiger partial charge in [-0.15, -0.1) is 0 Å². The number of ketones is 1. The molecule has 1 heterocycles. The number of fused-ring (bicyclic) bond motifs is 1. The average Bonchev–Trinajstić information content (AvgIpc) is 2.55. The van der Waals surface area contributed by atoms with Crippen LogP contribution in [0.3, 0.4) is 0 Å². The highest BCUT2D eigenvalue weighted by Crippen LogP contribution is 2.25. The summed E-state index contributed by atoms with van der Waals surface area (Å²) in [6.07, 6.45) is 2.31. The number of benzene rings is 2. The van der Waals surface area contributed by atoms with E-state index < -0.39 is 0 Å². The molecule has 0 saturated carbocycles. The molecule has 2 aromatic carbocycles. The third-order valence-electron chi connectivity index (χ3n) is 3.89. The first-order chi connectivity index (χ1) is 11.1. The zero-order valence-corrected chi connectivity index (χ0v) is 13.1. The van der Waals surface area contributed by atoms with Crippen molar-refractivity contribution in [1.29, 1.82) is 0 Å². The first-order valence-electron chi connectivity index (χ1n) is 7.77. The van der Waals surface area contributed by atoms with E-state index in [2.05, 4.69) is 5.32 Å². The minimum Gasteiger partial charge on any atom is -0.493 e.